The molecular formula is C16H17ClN4O5. The van der Waals surface area contributed by atoms with E-state index in [-0.39, 0.29) is 16.4 Å². The summed E-state index contributed by atoms with van der Waals surface area (Å²) in [7, 11) is 0. The highest BCUT2D eigenvalue weighted by molar-refractivity contribution is 6.33. The SMILES string of the molecule is CCCC[C@H](Nc1cnn(-c2ccc([N+](=O)[O-])cc2)c(=O)c1Cl)C(=O)O. The summed E-state index contributed by atoms with van der Waals surface area (Å²) in [5, 5.41) is 26.4. The maximum Gasteiger partial charge on any atom is 0.326 e. The molecule has 0 aliphatic heterocycles. The number of carboxylic acid groups (broad SMARTS) is 1. The van der Waals surface area contributed by atoms with E-state index in [1.165, 1.54) is 30.5 Å². The molecule has 0 bridgehead atoms. The molecule has 26 heavy (non-hydrogen) atoms. The van der Waals surface area contributed by atoms with Gasteiger partial charge >= 0.3 is 5.97 Å². The van der Waals surface area contributed by atoms with Crippen molar-refractivity contribution in [1.29, 1.82) is 0 Å². The fourth-order valence-corrected chi connectivity index (χ4v) is 2.47. The average Bonchev–Trinajstić information content (AvgIpc) is 2.62. The van der Waals surface area contributed by atoms with Crippen molar-refractivity contribution in [2.75, 3.05) is 5.32 Å². The van der Waals surface area contributed by atoms with Crippen LogP contribution in [0, 0.1) is 10.1 Å². The van der Waals surface area contributed by atoms with Crippen molar-refractivity contribution in [3.8, 4) is 5.69 Å². The van der Waals surface area contributed by atoms with Gasteiger partial charge in [-0.25, -0.2) is 4.79 Å². The van der Waals surface area contributed by atoms with Gasteiger partial charge in [0.1, 0.15) is 11.1 Å². The first-order valence-electron chi connectivity index (χ1n) is 7.87. The zero-order chi connectivity index (χ0) is 19.3. The number of unbranched alkanes of at least 4 members (excludes halogenated alkanes) is 1. The molecule has 2 aromatic rings. The van der Waals surface area contributed by atoms with Gasteiger partial charge in [-0.05, 0) is 18.6 Å². The molecule has 0 unspecified atom stereocenters. The number of hydrogen-bond donors (Lipinski definition) is 2. The van der Waals surface area contributed by atoms with Gasteiger partial charge in [0.25, 0.3) is 11.2 Å². The number of aliphatic carboxylic acids is 1. The van der Waals surface area contributed by atoms with Gasteiger partial charge in [0, 0.05) is 12.1 Å². The first-order chi connectivity index (χ1) is 12.3. The number of benzene rings is 1. The third-order valence-electron chi connectivity index (χ3n) is 3.70. The van der Waals surface area contributed by atoms with Crippen molar-refractivity contribution in [1.82, 2.24) is 9.78 Å². The van der Waals surface area contributed by atoms with Gasteiger partial charge in [0.15, 0.2) is 0 Å². The smallest absolute Gasteiger partial charge is 0.326 e. The van der Waals surface area contributed by atoms with Crippen molar-refractivity contribution in [2.45, 2.75) is 32.2 Å². The molecule has 2 rings (SSSR count). The molecule has 0 saturated heterocycles. The summed E-state index contributed by atoms with van der Waals surface area (Å²) in [5.74, 6) is -1.05. The lowest BCUT2D eigenvalue weighted by atomic mass is 10.1. The van der Waals surface area contributed by atoms with Crippen LogP contribution in [-0.4, -0.2) is 31.8 Å². The lowest BCUT2D eigenvalue weighted by molar-refractivity contribution is -0.384. The Balaban J connectivity index is 2.31. The van der Waals surface area contributed by atoms with Crippen molar-refractivity contribution in [2.24, 2.45) is 0 Å². The maximum absolute atomic E-state index is 12.4. The third-order valence-corrected chi connectivity index (χ3v) is 4.06. The number of rotatable bonds is 8. The topological polar surface area (TPSA) is 127 Å². The van der Waals surface area contributed by atoms with Gasteiger partial charge in [-0.1, -0.05) is 31.4 Å². The van der Waals surface area contributed by atoms with Gasteiger partial charge in [0.05, 0.1) is 22.5 Å². The summed E-state index contributed by atoms with van der Waals surface area (Å²) in [6, 6.07) is 4.35. The number of halogens is 1. The second kappa shape index (κ2) is 8.43. The van der Waals surface area contributed by atoms with Crippen LogP contribution in [0.15, 0.2) is 35.3 Å². The zero-order valence-corrected chi connectivity index (χ0v) is 14.6. The highest BCUT2D eigenvalue weighted by atomic mass is 35.5. The van der Waals surface area contributed by atoms with Crippen LogP contribution in [0.1, 0.15) is 26.2 Å². The monoisotopic (exact) mass is 380 g/mol. The van der Waals surface area contributed by atoms with Crippen LogP contribution >= 0.6 is 11.6 Å². The molecule has 10 heteroatoms. The van der Waals surface area contributed by atoms with Crippen molar-refractivity contribution >= 4 is 28.9 Å². The van der Waals surface area contributed by atoms with E-state index in [4.69, 9.17) is 11.6 Å². The summed E-state index contributed by atoms with van der Waals surface area (Å²) in [4.78, 5) is 33.9. The molecule has 1 aromatic heterocycles. The first kappa shape index (κ1) is 19.4. The fraction of sp³-hybridized carbons (Fsp3) is 0.312. The molecule has 0 aliphatic rings. The Labute approximate surface area is 153 Å². The molecule has 0 fully saturated rings. The molecule has 0 aliphatic carbocycles. The predicted octanol–water partition coefficient (Wildman–Crippen LogP) is 2.85. The lowest BCUT2D eigenvalue weighted by Crippen LogP contribution is -2.31. The lowest BCUT2D eigenvalue weighted by Gasteiger charge is -2.16. The summed E-state index contributed by atoms with van der Waals surface area (Å²) in [5.41, 5.74) is -0.357. The van der Waals surface area contributed by atoms with E-state index in [1.807, 2.05) is 6.92 Å². The standard InChI is InChI=1S/C16H17ClN4O5/c1-2-3-4-12(16(23)24)19-13-9-18-20(15(22)14(13)17)10-5-7-11(8-6-10)21(25)26/h5-9,12,19H,2-4H2,1H3,(H,23,24)/t12-/m0/s1. The number of anilines is 1. The van der Waals surface area contributed by atoms with E-state index in [2.05, 4.69) is 10.4 Å². The molecule has 1 aromatic carbocycles. The molecule has 0 saturated carbocycles. The van der Waals surface area contributed by atoms with Crippen LogP contribution in [0.2, 0.25) is 5.02 Å². The maximum atomic E-state index is 12.4. The second-order valence-corrected chi connectivity index (χ2v) is 5.92. The predicted molar refractivity (Wildman–Crippen MR) is 96.1 cm³/mol. The Morgan fingerprint density at radius 1 is 1.42 bits per heavy atom. The highest BCUT2D eigenvalue weighted by Gasteiger charge is 2.20. The van der Waals surface area contributed by atoms with E-state index in [1.54, 1.807) is 0 Å². The largest absolute Gasteiger partial charge is 0.480 e. The Bertz CT molecular complexity index is 866. The van der Waals surface area contributed by atoms with Crippen LogP contribution in [0.4, 0.5) is 11.4 Å². The second-order valence-electron chi connectivity index (χ2n) is 5.54. The number of nitrogens with one attached hydrogen (secondary N) is 1. The van der Waals surface area contributed by atoms with Crippen LogP contribution in [0.5, 0.6) is 0 Å². The Morgan fingerprint density at radius 2 is 2.08 bits per heavy atom. The number of carboxylic acids is 1. The van der Waals surface area contributed by atoms with E-state index in [0.29, 0.717) is 18.5 Å². The van der Waals surface area contributed by atoms with Crippen LogP contribution < -0.4 is 10.9 Å². The molecule has 9 nitrogen and oxygen atoms in total. The molecule has 0 spiro atoms. The first-order valence-corrected chi connectivity index (χ1v) is 8.25. The molecule has 1 atom stereocenters. The number of nitrogens with zero attached hydrogens (tertiary/aromatic N) is 3. The van der Waals surface area contributed by atoms with E-state index >= 15 is 0 Å². The van der Waals surface area contributed by atoms with Crippen molar-refractivity contribution in [3.05, 3.63) is 56.0 Å². The highest BCUT2D eigenvalue weighted by Crippen LogP contribution is 2.20. The molecule has 2 N–H and O–H groups in total. The third kappa shape index (κ3) is 4.37. The number of nitro benzene ring substituents is 1. The molecule has 0 radical (unpaired) electrons. The number of non-ortho nitro benzene ring substituents is 1. The fourth-order valence-electron chi connectivity index (χ4n) is 2.29. The Hall–Kier alpha value is -2.94. The van der Waals surface area contributed by atoms with Crippen LogP contribution in [0.3, 0.4) is 0 Å². The van der Waals surface area contributed by atoms with E-state index < -0.39 is 22.5 Å². The minimum Gasteiger partial charge on any atom is -0.480 e. The van der Waals surface area contributed by atoms with Gasteiger partial charge in [-0.2, -0.15) is 9.78 Å². The molecule has 1 heterocycles. The summed E-state index contributed by atoms with van der Waals surface area (Å²) >= 11 is 6.08. The van der Waals surface area contributed by atoms with Crippen LogP contribution in [-0.2, 0) is 4.79 Å². The van der Waals surface area contributed by atoms with Gasteiger partial charge < -0.3 is 10.4 Å². The van der Waals surface area contributed by atoms with Crippen molar-refractivity contribution in [3.63, 3.8) is 0 Å². The minimum absolute atomic E-state index is 0.119. The Morgan fingerprint density at radius 3 is 2.62 bits per heavy atom. The summed E-state index contributed by atoms with van der Waals surface area (Å²) in [6.07, 6.45) is 3.18. The molecule has 138 valence electrons. The minimum atomic E-state index is -1.05. The van der Waals surface area contributed by atoms with E-state index in [9.17, 15) is 24.8 Å². The number of nitro groups is 1. The Kier molecular flexibility index (Phi) is 6.29. The molecule has 0 amide bonds. The van der Waals surface area contributed by atoms with Crippen molar-refractivity contribution < 1.29 is 14.8 Å². The van der Waals surface area contributed by atoms with E-state index in [0.717, 1.165) is 11.1 Å². The normalized spacial score (nSPS) is 11.8. The summed E-state index contributed by atoms with van der Waals surface area (Å²) < 4.78 is 0.985. The van der Waals surface area contributed by atoms with Gasteiger partial charge in [0.2, 0.25) is 0 Å². The number of aromatic nitrogens is 2. The number of hydrogen-bond acceptors (Lipinski definition) is 6. The molecular weight excluding hydrogens is 364 g/mol. The quantitative estimate of drug-likeness (QED) is 0.532. The number of carbonyl (C=O) groups is 1. The average molecular weight is 381 g/mol. The van der Waals surface area contributed by atoms with Crippen LogP contribution in [0.25, 0.3) is 5.69 Å². The summed E-state index contributed by atoms with van der Waals surface area (Å²) in [6.45, 7) is 1.94. The van der Waals surface area contributed by atoms with Gasteiger partial charge in [-0.15, -0.1) is 0 Å². The van der Waals surface area contributed by atoms with Gasteiger partial charge in [-0.3, -0.25) is 14.9 Å². The zero-order valence-electron chi connectivity index (χ0n) is 13.9.